The van der Waals surface area contributed by atoms with Gasteiger partial charge < -0.3 is 14.8 Å². The van der Waals surface area contributed by atoms with Gasteiger partial charge >= 0.3 is 6.09 Å². The normalized spacial score (nSPS) is 11.2. The van der Waals surface area contributed by atoms with Gasteiger partial charge in [0.2, 0.25) is 0 Å². The van der Waals surface area contributed by atoms with E-state index >= 15 is 0 Å². The van der Waals surface area contributed by atoms with Crippen molar-refractivity contribution in [2.75, 3.05) is 7.11 Å². The van der Waals surface area contributed by atoms with Gasteiger partial charge in [0.15, 0.2) is 11.6 Å². The van der Waals surface area contributed by atoms with Crippen LogP contribution in [0, 0.1) is 5.82 Å². The second-order valence-electron chi connectivity index (χ2n) is 5.89. The standard InChI is InChI=1S/C16H20FN3O3/c1-16(2,3)23-15(21)18-10-11-12(20-9-5-8-19-20)6-7-13(22-4)14(11)17/h5-9H,10H2,1-4H3,(H,18,21). The maximum atomic E-state index is 14.6. The number of methoxy groups -OCH3 is 1. The lowest BCUT2D eigenvalue weighted by Gasteiger charge is -2.20. The van der Waals surface area contributed by atoms with Gasteiger partial charge in [-0.15, -0.1) is 0 Å². The van der Waals surface area contributed by atoms with Gasteiger partial charge in [0, 0.05) is 18.0 Å². The van der Waals surface area contributed by atoms with Gasteiger partial charge in [0.1, 0.15) is 5.60 Å². The molecule has 1 heterocycles. The first-order valence-electron chi connectivity index (χ1n) is 7.14. The largest absolute Gasteiger partial charge is 0.494 e. The second kappa shape index (κ2) is 6.68. The smallest absolute Gasteiger partial charge is 0.407 e. The molecule has 1 aromatic heterocycles. The van der Waals surface area contributed by atoms with Crippen molar-refractivity contribution < 1.29 is 18.7 Å². The highest BCUT2D eigenvalue weighted by molar-refractivity contribution is 5.68. The van der Waals surface area contributed by atoms with Crippen LogP contribution in [0.25, 0.3) is 5.69 Å². The number of alkyl carbamates (subject to hydrolysis) is 1. The predicted molar refractivity (Wildman–Crippen MR) is 83.1 cm³/mol. The molecule has 1 aromatic carbocycles. The van der Waals surface area contributed by atoms with Crippen LogP contribution in [-0.2, 0) is 11.3 Å². The Kier molecular flexibility index (Phi) is 4.88. The molecule has 6 nitrogen and oxygen atoms in total. The summed E-state index contributed by atoms with van der Waals surface area (Å²) in [4.78, 5) is 11.8. The van der Waals surface area contributed by atoms with Crippen LogP contribution in [0.2, 0.25) is 0 Å². The molecule has 0 fully saturated rings. The van der Waals surface area contributed by atoms with Gasteiger partial charge in [-0.3, -0.25) is 0 Å². The fraction of sp³-hybridized carbons (Fsp3) is 0.375. The van der Waals surface area contributed by atoms with E-state index in [1.54, 1.807) is 45.3 Å². The third kappa shape index (κ3) is 4.21. The highest BCUT2D eigenvalue weighted by atomic mass is 19.1. The number of amides is 1. The zero-order chi connectivity index (χ0) is 17.0. The summed E-state index contributed by atoms with van der Waals surface area (Å²) in [5.74, 6) is -0.446. The molecule has 0 radical (unpaired) electrons. The monoisotopic (exact) mass is 321 g/mol. The quantitative estimate of drug-likeness (QED) is 0.940. The number of benzene rings is 1. The molecule has 0 saturated carbocycles. The first kappa shape index (κ1) is 16.8. The Labute approximate surface area is 134 Å². The number of hydrogen-bond acceptors (Lipinski definition) is 4. The third-order valence-corrected chi connectivity index (χ3v) is 2.96. The van der Waals surface area contributed by atoms with E-state index in [0.29, 0.717) is 5.69 Å². The van der Waals surface area contributed by atoms with E-state index in [1.807, 2.05) is 0 Å². The number of carbonyl (C=O) groups is 1. The Morgan fingerprint density at radius 2 is 2.13 bits per heavy atom. The maximum absolute atomic E-state index is 14.6. The van der Waals surface area contributed by atoms with Crippen molar-refractivity contribution in [3.05, 3.63) is 42.0 Å². The van der Waals surface area contributed by atoms with Gasteiger partial charge in [-0.1, -0.05) is 0 Å². The van der Waals surface area contributed by atoms with E-state index in [9.17, 15) is 9.18 Å². The Bertz CT molecular complexity index is 679. The SMILES string of the molecule is COc1ccc(-n2cccn2)c(CNC(=O)OC(C)(C)C)c1F. The zero-order valence-corrected chi connectivity index (χ0v) is 13.6. The molecule has 0 saturated heterocycles. The van der Waals surface area contributed by atoms with Crippen molar-refractivity contribution in [3.63, 3.8) is 0 Å². The summed E-state index contributed by atoms with van der Waals surface area (Å²) in [6.07, 6.45) is 2.66. The minimum atomic E-state index is -0.623. The molecule has 124 valence electrons. The molecule has 23 heavy (non-hydrogen) atoms. The zero-order valence-electron chi connectivity index (χ0n) is 13.6. The average Bonchev–Trinajstić information content (AvgIpc) is 2.97. The number of halogens is 1. The number of aromatic nitrogens is 2. The molecule has 0 unspecified atom stereocenters. The molecule has 0 aliphatic carbocycles. The topological polar surface area (TPSA) is 65.4 Å². The van der Waals surface area contributed by atoms with Crippen LogP contribution in [0.4, 0.5) is 9.18 Å². The summed E-state index contributed by atoms with van der Waals surface area (Å²) in [5, 5.41) is 6.65. The van der Waals surface area contributed by atoms with E-state index in [-0.39, 0.29) is 17.9 Å². The molecule has 2 aromatic rings. The van der Waals surface area contributed by atoms with Crippen molar-refractivity contribution in [3.8, 4) is 11.4 Å². The molecule has 1 N–H and O–H groups in total. The highest BCUT2D eigenvalue weighted by Crippen LogP contribution is 2.26. The molecular formula is C16H20FN3O3. The van der Waals surface area contributed by atoms with E-state index in [4.69, 9.17) is 9.47 Å². The van der Waals surface area contributed by atoms with Crippen LogP contribution < -0.4 is 10.1 Å². The minimum Gasteiger partial charge on any atom is -0.494 e. The van der Waals surface area contributed by atoms with E-state index in [0.717, 1.165) is 0 Å². The molecular weight excluding hydrogens is 301 g/mol. The number of hydrogen-bond donors (Lipinski definition) is 1. The van der Waals surface area contributed by atoms with Crippen molar-refractivity contribution in [2.24, 2.45) is 0 Å². The maximum Gasteiger partial charge on any atom is 0.407 e. The van der Waals surface area contributed by atoms with E-state index in [2.05, 4.69) is 10.4 Å². The van der Waals surface area contributed by atoms with Crippen LogP contribution in [0.3, 0.4) is 0 Å². The van der Waals surface area contributed by atoms with Gasteiger partial charge in [-0.05, 0) is 39.0 Å². The minimum absolute atomic E-state index is 0.0485. The lowest BCUT2D eigenvalue weighted by atomic mass is 10.1. The third-order valence-electron chi connectivity index (χ3n) is 2.96. The average molecular weight is 321 g/mol. The summed E-state index contributed by atoms with van der Waals surface area (Å²) in [7, 11) is 1.39. The van der Waals surface area contributed by atoms with Crippen molar-refractivity contribution in [1.29, 1.82) is 0 Å². The summed E-state index contributed by atoms with van der Waals surface area (Å²) >= 11 is 0. The number of carbonyl (C=O) groups excluding carboxylic acids is 1. The van der Waals surface area contributed by atoms with Crippen LogP contribution in [0.15, 0.2) is 30.6 Å². The van der Waals surface area contributed by atoms with Crippen LogP contribution in [-0.4, -0.2) is 28.6 Å². The van der Waals surface area contributed by atoms with Gasteiger partial charge in [0.25, 0.3) is 0 Å². The van der Waals surface area contributed by atoms with Crippen LogP contribution in [0.5, 0.6) is 5.75 Å². The Hall–Kier alpha value is -2.57. The molecule has 7 heteroatoms. The Balaban J connectivity index is 2.27. The van der Waals surface area contributed by atoms with Gasteiger partial charge in [0.05, 0.1) is 19.3 Å². The summed E-state index contributed by atoms with van der Waals surface area (Å²) in [6, 6.07) is 4.93. The van der Waals surface area contributed by atoms with E-state index in [1.165, 1.54) is 17.9 Å². The number of ether oxygens (including phenoxy) is 2. The molecule has 2 rings (SSSR count). The molecule has 0 atom stereocenters. The first-order valence-corrected chi connectivity index (χ1v) is 7.14. The number of nitrogens with zero attached hydrogens (tertiary/aromatic N) is 2. The lowest BCUT2D eigenvalue weighted by molar-refractivity contribution is 0.0523. The number of rotatable bonds is 4. The molecule has 0 bridgehead atoms. The summed E-state index contributed by atoms with van der Waals surface area (Å²) < 4.78 is 26.2. The Morgan fingerprint density at radius 1 is 1.39 bits per heavy atom. The fourth-order valence-corrected chi connectivity index (χ4v) is 2.02. The molecule has 1 amide bonds. The first-order chi connectivity index (χ1) is 10.8. The molecule has 0 aliphatic rings. The van der Waals surface area contributed by atoms with Crippen molar-refractivity contribution in [1.82, 2.24) is 15.1 Å². The van der Waals surface area contributed by atoms with Crippen molar-refractivity contribution in [2.45, 2.75) is 32.9 Å². The van der Waals surface area contributed by atoms with Crippen LogP contribution >= 0.6 is 0 Å². The lowest BCUT2D eigenvalue weighted by Crippen LogP contribution is -2.32. The van der Waals surface area contributed by atoms with E-state index < -0.39 is 17.5 Å². The summed E-state index contributed by atoms with van der Waals surface area (Å²) in [5.41, 5.74) is 0.158. The predicted octanol–water partition coefficient (Wildman–Crippen LogP) is 3.04. The van der Waals surface area contributed by atoms with Crippen molar-refractivity contribution >= 4 is 6.09 Å². The Morgan fingerprint density at radius 3 is 2.70 bits per heavy atom. The van der Waals surface area contributed by atoms with Gasteiger partial charge in [-0.25, -0.2) is 13.9 Å². The van der Waals surface area contributed by atoms with Crippen LogP contribution in [0.1, 0.15) is 26.3 Å². The fourth-order valence-electron chi connectivity index (χ4n) is 2.02. The molecule has 0 spiro atoms. The highest BCUT2D eigenvalue weighted by Gasteiger charge is 2.19. The second-order valence-corrected chi connectivity index (χ2v) is 5.89. The van der Waals surface area contributed by atoms with Gasteiger partial charge in [-0.2, -0.15) is 5.10 Å². The summed E-state index contributed by atoms with van der Waals surface area (Å²) in [6.45, 7) is 5.22. The molecule has 0 aliphatic heterocycles. The number of nitrogens with one attached hydrogen (secondary N) is 1.